The van der Waals surface area contributed by atoms with Crippen molar-refractivity contribution < 1.29 is 24.4 Å². The topological polar surface area (TPSA) is 143 Å². The average Bonchev–Trinajstić information content (AvgIpc) is 2.65. The number of nitrogens with zero attached hydrogens (tertiary/aromatic N) is 2. The molecule has 9 nitrogen and oxygen atoms in total. The molecule has 2 rings (SSSR count). The lowest BCUT2D eigenvalue weighted by Gasteiger charge is -2.07. The zero-order valence-electron chi connectivity index (χ0n) is 14.0. The minimum atomic E-state index is -1.16. The molecule has 0 heterocycles. The Morgan fingerprint density at radius 3 is 2.63 bits per heavy atom. The summed E-state index contributed by atoms with van der Waals surface area (Å²) >= 11 is 0. The van der Waals surface area contributed by atoms with E-state index in [9.17, 15) is 25.0 Å². The highest BCUT2D eigenvalue weighted by Crippen LogP contribution is 2.26. The van der Waals surface area contributed by atoms with E-state index < -0.39 is 16.8 Å². The fourth-order valence-electron chi connectivity index (χ4n) is 2.18. The second-order valence-corrected chi connectivity index (χ2v) is 5.19. The molecule has 2 N–H and O–H groups in total. The normalized spacial score (nSPS) is 10.6. The summed E-state index contributed by atoms with van der Waals surface area (Å²) in [6.07, 6.45) is 1.15. The number of nitro groups is 1. The van der Waals surface area contributed by atoms with Crippen LogP contribution in [0.4, 0.5) is 11.4 Å². The summed E-state index contributed by atoms with van der Waals surface area (Å²) < 4.78 is 5.09. The van der Waals surface area contributed by atoms with Crippen LogP contribution in [0, 0.1) is 21.4 Å². The molecular weight excluding hydrogens is 354 g/mol. The number of nitrogens with one attached hydrogen (secondary N) is 1. The van der Waals surface area contributed by atoms with E-state index in [4.69, 9.17) is 9.84 Å². The number of methoxy groups -OCH3 is 1. The molecule has 136 valence electrons. The van der Waals surface area contributed by atoms with Gasteiger partial charge in [0.15, 0.2) is 0 Å². The molecule has 0 spiro atoms. The number of carbonyl (C=O) groups is 2. The molecule has 0 bridgehead atoms. The minimum Gasteiger partial charge on any atom is -0.496 e. The van der Waals surface area contributed by atoms with Gasteiger partial charge in [0.05, 0.1) is 17.6 Å². The Morgan fingerprint density at radius 1 is 1.30 bits per heavy atom. The largest absolute Gasteiger partial charge is 0.496 e. The number of amides is 1. The average molecular weight is 367 g/mol. The lowest BCUT2D eigenvalue weighted by atomic mass is 10.1. The summed E-state index contributed by atoms with van der Waals surface area (Å²) in [5.41, 5.74) is -0.233. The Hall–Kier alpha value is -4.19. The zero-order chi connectivity index (χ0) is 20.0. The van der Waals surface area contributed by atoms with Crippen molar-refractivity contribution in [2.75, 3.05) is 12.4 Å². The lowest BCUT2D eigenvalue weighted by Crippen LogP contribution is -2.14. The second-order valence-electron chi connectivity index (χ2n) is 5.19. The Morgan fingerprint density at radius 2 is 2.04 bits per heavy atom. The number of rotatable bonds is 6. The van der Waals surface area contributed by atoms with Crippen molar-refractivity contribution >= 4 is 29.3 Å². The van der Waals surface area contributed by atoms with Gasteiger partial charge in [0, 0.05) is 23.4 Å². The number of ether oxygens (including phenoxy) is 1. The molecule has 1 amide bonds. The minimum absolute atomic E-state index is 0.0318. The van der Waals surface area contributed by atoms with Gasteiger partial charge in [-0.1, -0.05) is 6.07 Å². The number of carboxylic acid groups (broad SMARTS) is 1. The number of aromatic carboxylic acids is 1. The maximum absolute atomic E-state index is 12.3. The van der Waals surface area contributed by atoms with E-state index in [1.165, 1.54) is 49.6 Å². The van der Waals surface area contributed by atoms with Gasteiger partial charge < -0.3 is 15.2 Å². The molecule has 0 unspecified atom stereocenters. The molecule has 27 heavy (non-hydrogen) atoms. The van der Waals surface area contributed by atoms with Crippen molar-refractivity contribution in [3.05, 3.63) is 69.3 Å². The third-order valence-electron chi connectivity index (χ3n) is 3.46. The van der Waals surface area contributed by atoms with Crippen LogP contribution in [0.15, 0.2) is 48.0 Å². The first-order valence-corrected chi connectivity index (χ1v) is 7.44. The van der Waals surface area contributed by atoms with Crippen LogP contribution >= 0.6 is 0 Å². The maximum atomic E-state index is 12.3. The highest BCUT2D eigenvalue weighted by atomic mass is 16.6. The summed E-state index contributed by atoms with van der Waals surface area (Å²) in [5, 5.41) is 31.6. The molecular formula is C18H13N3O6. The predicted molar refractivity (Wildman–Crippen MR) is 95.3 cm³/mol. The molecule has 0 radical (unpaired) electrons. The fraction of sp³-hybridized carbons (Fsp3) is 0.0556. The summed E-state index contributed by atoms with van der Waals surface area (Å²) in [6.45, 7) is 0. The van der Waals surface area contributed by atoms with Crippen molar-refractivity contribution in [2.24, 2.45) is 0 Å². The van der Waals surface area contributed by atoms with Crippen LogP contribution in [0.25, 0.3) is 6.08 Å². The first-order valence-electron chi connectivity index (χ1n) is 7.44. The van der Waals surface area contributed by atoms with Gasteiger partial charge in [-0.3, -0.25) is 14.9 Å². The summed E-state index contributed by atoms with van der Waals surface area (Å²) in [4.78, 5) is 33.6. The predicted octanol–water partition coefficient (Wildman–Crippen LogP) is 2.85. The zero-order valence-corrected chi connectivity index (χ0v) is 14.0. The monoisotopic (exact) mass is 367 g/mol. The van der Waals surface area contributed by atoms with Gasteiger partial charge in [0.2, 0.25) is 0 Å². The molecule has 0 saturated carbocycles. The van der Waals surface area contributed by atoms with Crippen LogP contribution in [0.1, 0.15) is 15.9 Å². The van der Waals surface area contributed by atoms with Crippen LogP contribution in [0.3, 0.4) is 0 Å². The number of hydrogen-bond donors (Lipinski definition) is 2. The number of nitriles is 1. The molecule has 0 aromatic heterocycles. The van der Waals surface area contributed by atoms with Crippen LogP contribution in [-0.2, 0) is 4.79 Å². The van der Waals surface area contributed by atoms with E-state index in [1.54, 1.807) is 6.07 Å². The smallest absolute Gasteiger partial charge is 0.335 e. The molecule has 9 heteroatoms. The van der Waals surface area contributed by atoms with Crippen LogP contribution in [-0.4, -0.2) is 29.0 Å². The van der Waals surface area contributed by atoms with Crippen molar-refractivity contribution in [2.45, 2.75) is 0 Å². The number of benzene rings is 2. The number of anilines is 1. The lowest BCUT2D eigenvalue weighted by molar-refractivity contribution is -0.384. The number of carbonyl (C=O) groups excluding carboxylic acids is 1. The van der Waals surface area contributed by atoms with Gasteiger partial charge in [-0.2, -0.15) is 5.26 Å². The number of hydrogen-bond acceptors (Lipinski definition) is 6. The molecule has 0 aliphatic carbocycles. The van der Waals surface area contributed by atoms with Gasteiger partial charge in [0.1, 0.15) is 17.4 Å². The Balaban J connectivity index is 2.36. The van der Waals surface area contributed by atoms with E-state index >= 15 is 0 Å². The van der Waals surface area contributed by atoms with Gasteiger partial charge in [-0.15, -0.1) is 0 Å². The fourth-order valence-corrected chi connectivity index (χ4v) is 2.18. The van der Waals surface area contributed by atoms with Crippen molar-refractivity contribution in [1.82, 2.24) is 0 Å². The van der Waals surface area contributed by atoms with Crippen LogP contribution < -0.4 is 10.1 Å². The Bertz CT molecular complexity index is 991. The van der Waals surface area contributed by atoms with E-state index in [-0.39, 0.29) is 33.8 Å². The third kappa shape index (κ3) is 4.67. The van der Waals surface area contributed by atoms with Crippen LogP contribution in [0.5, 0.6) is 5.75 Å². The van der Waals surface area contributed by atoms with Crippen LogP contribution in [0.2, 0.25) is 0 Å². The molecule has 2 aromatic carbocycles. The number of non-ortho nitro benzene ring substituents is 1. The molecule has 0 fully saturated rings. The van der Waals surface area contributed by atoms with Crippen molar-refractivity contribution in [3.8, 4) is 11.8 Å². The van der Waals surface area contributed by atoms with Gasteiger partial charge in [-0.05, 0) is 30.3 Å². The quantitative estimate of drug-likeness (QED) is 0.346. The van der Waals surface area contributed by atoms with E-state index in [0.29, 0.717) is 0 Å². The van der Waals surface area contributed by atoms with Crippen molar-refractivity contribution in [1.29, 1.82) is 5.26 Å². The number of carboxylic acids is 1. The van der Waals surface area contributed by atoms with E-state index in [2.05, 4.69) is 5.32 Å². The van der Waals surface area contributed by atoms with Gasteiger partial charge in [0.25, 0.3) is 11.6 Å². The first kappa shape index (κ1) is 19.1. The molecule has 0 atom stereocenters. The van der Waals surface area contributed by atoms with Gasteiger partial charge >= 0.3 is 5.97 Å². The highest BCUT2D eigenvalue weighted by Gasteiger charge is 2.15. The molecule has 2 aromatic rings. The summed E-state index contributed by atoms with van der Waals surface area (Å²) in [5.74, 6) is -1.72. The summed E-state index contributed by atoms with van der Waals surface area (Å²) in [6, 6.07) is 11.0. The standard InChI is InChI=1S/C18H13N3O6/c1-27-16-6-5-15(21(25)26)9-12(16)7-13(10-19)17(22)20-14-4-2-3-11(8-14)18(23)24/h2-9H,1H3,(H,20,22)(H,23,24)/b13-7-. The maximum Gasteiger partial charge on any atom is 0.335 e. The third-order valence-corrected chi connectivity index (χ3v) is 3.46. The molecule has 0 aliphatic heterocycles. The van der Waals surface area contributed by atoms with Gasteiger partial charge in [-0.25, -0.2) is 4.79 Å². The summed E-state index contributed by atoms with van der Waals surface area (Å²) in [7, 11) is 1.35. The van der Waals surface area contributed by atoms with E-state index in [1.807, 2.05) is 0 Å². The first-order chi connectivity index (χ1) is 12.8. The highest BCUT2D eigenvalue weighted by molar-refractivity contribution is 6.10. The molecule has 0 aliphatic rings. The van der Waals surface area contributed by atoms with E-state index in [0.717, 1.165) is 6.08 Å². The Labute approximate surface area is 153 Å². The second kappa shape index (κ2) is 8.26. The van der Waals surface area contributed by atoms with Crippen molar-refractivity contribution in [3.63, 3.8) is 0 Å². The Kier molecular flexibility index (Phi) is 5.86. The molecule has 0 saturated heterocycles. The number of nitro benzene ring substituents is 1. The SMILES string of the molecule is COc1ccc([N+](=O)[O-])cc1/C=C(/C#N)C(=O)Nc1cccc(C(=O)O)c1.